The molecule has 0 radical (unpaired) electrons. The van der Waals surface area contributed by atoms with E-state index in [0.29, 0.717) is 17.1 Å². The van der Waals surface area contributed by atoms with Crippen molar-refractivity contribution in [3.63, 3.8) is 0 Å². The van der Waals surface area contributed by atoms with Crippen molar-refractivity contribution in [3.05, 3.63) is 94.6 Å². The van der Waals surface area contributed by atoms with Crippen LogP contribution in [0.25, 0.3) is 6.08 Å². The van der Waals surface area contributed by atoms with E-state index in [2.05, 4.69) is 36.1 Å². The van der Waals surface area contributed by atoms with Gasteiger partial charge in [-0.3, -0.25) is 0 Å². The fourth-order valence-electron chi connectivity index (χ4n) is 3.06. The largest absolute Gasteiger partial charge is 0.462 e. The van der Waals surface area contributed by atoms with Crippen LogP contribution >= 0.6 is 0 Å². The predicted molar refractivity (Wildman–Crippen MR) is 107 cm³/mol. The van der Waals surface area contributed by atoms with Crippen molar-refractivity contribution >= 4 is 11.8 Å². The van der Waals surface area contributed by atoms with Crippen LogP contribution in [0.15, 0.2) is 89.1 Å². The average Bonchev–Trinajstić information content (AvgIpc) is 2.68. The second-order valence-corrected chi connectivity index (χ2v) is 6.04. The number of allylic oxidation sites excluding steroid dienone is 9. The zero-order valence-electron chi connectivity index (χ0n) is 15.3. The maximum absolute atomic E-state index is 9.06. The molecule has 0 aliphatic carbocycles. The van der Waals surface area contributed by atoms with E-state index >= 15 is 0 Å². The SMILES string of the molecule is CCN1/C(=C/C=C/C2=CC(=C(C#N)C#N)C=C(C)O2)C=Cc2ccccc21. The van der Waals surface area contributed by atoms with E-state index in [0.717, 1.165) is 12.2 Å². The number of likely N-dealkylation sites (N-methyl/N-ethyl adjacent to an activating group) is 1. The number of ether oxygens (including phenoxy) is 1. The third-order valence-electron chi connectivity index (χ3n) is 4.26. The molecule has 0 amide bonds. The molecule has 0 atom stereocenters. The normalized spacial score (nSPS) is 17.0. The molecular weight excluding hydrogens is 334 g/mol. The molecular formula is C23H19N3O. The average molecular weight is 353 g/mol. The van der Waals surface area contributed by atoms with Crippen LogP contribution in [0.4, 0.5) is 5.69 Å². The molecule has 27 heavy (non-hydrogen) atoms. The van der Waals surface area contributed by atoms with E-state index in [4.69, 9.17) is 15.3 Å². The number of para-hydroxylation sites is 1. The van der Waals surface area contributed by atoms with Gasteiger partial charge in [-0.25, -0.2) is 0 Å². The Morgan fingerprint density at radius 2 is 1.93 bits per heavy atom. The molecule has 2 aliphatic rings. The number of fused-ring (bicyclic) bond motifs is 1. The molecule has 4 heteroatoms. The smallest absolute Gasteiger partial charge is 0.137 e. The minimum atomic E-state index is 0.0749. The zero-order valence-corrected chi connectivity index (χ0v) is 15.3. The molecule has 1 aromatic rings. The molecule has 0 saturated heterocycles. The van der Waals surface area contributed by atoms with E-state index < -0.39 is 0 Å². The molecule has 4 nitrogen and oxygen atoms in total. The molecule has 0 unspecified atom stereocenters. The Morgan fingerprint density at radius 1 is 1.15 bits per heavy atom. The quantitative estimate of drug-likeness (QED) is 0.706. The highest BCUT2D eigenvalue weighted by Gasteiger charge is 2.14. The Balaban J connectivity index is 1.86. The summed E-state index contributed by atoms with van der Waals surface area (Å²) in [6, 6.07) is 12.1. The maximum Gasteiger partial charge on any atom is 0.137 e. The first-order valence-corrected chi connectivity index (χ1v) is 8.71. The summed E-state index contributed by atoms with van der Waals surface area (Å²) in [5.74, 6) is 1.23. The van der Waals surface area contributed by atoms with E-state index in [9.17, 15) is 0 Å². The minimum absolute atomic E-state index is 0.0749. The number of anilines is 1. The van der Waals surface area contributed by atoms with Gasteiger partial charge in [0.25, 0.3) is 0 Å². The maximum atomic E-state index is 9.06. The first kappa shape index (κ1) is 18.0. The molecule has 3 rings (SSSR count). The van der Waals surface area contributed by atoms with Crippen molar-refractivity contribution in [1.82, 2.24) is 0 Å². The topological polar surface area (TPSA) is 60.0 Å². The van der Waals surface area contributed by atoms with Crippen LogP contribution in [0.5, 0.6) is 0 Å². The molecule has 132 valence electrons. The lowest BCUT2D eigenvalue weighted by Gasteiger charge is -2.29. The van der Waals surface area contributed by atoms with Crippen LogP contribution in [0, 0.1) is 22.7 Å². The summed E-state index contributed by atoms with van der Waals surface area (Å²) in [5, 5.41) is 18.1. The molecule has 1 aromatic carbocycles. The van der Waals surface area contributed by atoms with E-state index in [1.54, 1.807) is 19.1 Å². The van der Waals surface area contributed by atoms with Crippen LogP contribution in [0.3, 0.4) is 0 Å². The lowest BCUT2D eigenvalue weighted by molar-refractivity contribution is 0.317. The first-order chi connectivity index (χ1) is 13.2. The van der Waals surface area contributed by atoms with Crippen LogP contribution in [-0.2, 0) is 4.74 Å². The van der Waals surface area contributed by atoms with Crippen molar-refractivity contribution < 1.29 is 4.74 Å². The van der Waals surface area contributed by atoms with Crippen molar-refractivity contribution in [1.29, 1.82) is 10.5 Å². The lowest BCUT2D eigenvalue weighted by atomic mass is 10.1. The van der Waals surface area contributed by atoms with Crippen molar-refractivity contribution in [2.45, 2.75) is 13.8 Å². The second kappa shape index (κ2) is 8.08. The van der Waals surface area contributed by atoms with Crippen LogP contribution in [0.2, 0.25) is 0 Å². The van der Waals surface area contributed by atoms with E-state index in [1.807, 2.05) is 42.5 Å². The van der Waals surface area contributed by atoms with Crippen molar-refractivity contribution in [2.75, 3.05) is 11.4 Å². The third kappa shape index (κ3) is 3.92. The predicted octanol–water partition coefficient (Wildman–Crippen LogP) is 5.14. The summed E-state index contributed by atoms with van der Waals surface area (Å²) in [5.41, 5.74) is 4.12. The molecule has 0 fully saturated rings. The van der Waals surface area contributed by atoms with Gasteiger partial charge in [-0.1, -0.05) is 30.4 Å². The van der Waals surface area contributed by atoms with E-state index in [1.165, 1.54) is 11.3 Å². The van der Waals surface area contributed by atoms with Gasteiger partial charge < -0.3 is 9.64 Å². The van der Waals surface area contributed by atoms with Crippen LogP contribution in [-0.4, -0.2) is 6.54 Å². The summed E-state index contributed by atoms with van der Waals surface area (Å²) >= 11 is 0. The summed E-state index contributed by atoms with van der Waals surface area (Å²) in [6.07, 6.45) is 13.4. The third-order valence-corrected chi connectivity index (χ3v) is 4.26. The van der Waals surface area contributed by atoms with E-state index in [-0.39, 0.29) is 5.57 Å². The summed E-state index contributed by atoms with van der Waals surface area (Å²) in [7, 11) is 0. The summed E-state index contributed by atoms with van der Waals surface area (Å²) in [4.78, 5) is 2.25. The molecule has 2 heterocycles. The van der Waals surface area contributed by atoms with Crippen molar-refractivity contribution in [2.24, 2.45) is 0 Å². The molecule has 0 N–H and O–H groups in total. The van der Waals surface area contributed by atoms with Gasteiger partial charge >= 0.3 is 0 Å². The van der Waals surface area contributed by atoms with Gasteiger partial charge in [-0.2, -0.15) is 10.5 Å². The summed E-state index contributed by atoms with van der Waals surface area (Å²) < 4.78 is 5.68. The Kier molecular flexibility index (Phi) is 5.40. The first-order valence-electron chi connectivity index (χ1n) is 8.71. The molecule has 0 aromatic heterocycles. The van der Waals surface area contributed by atoms with Gasteiger partial charge in [0.1, 0.15) is 29.2 Å². The lowest BCUT2D eigenvalue weighted by Crippen LogP contribution is -2.23. The highest BCUT2D eigenvalue weighted by atomic mass is 16.5. The Morgan fingerprint density at radius 3 is 2.67 bits per heavy atom. The monoisotopic (exact) mass is 353 g/mol. The Labute approximate surface area is 159 Å². The van der Waals surface area contributed by atoms with Gasteiger partial charge in [-0.05, 0) is 55.9 Å². The van der Waals surface area contributed by atoms with Crippen LogP contribution < -0.4 is 4.90 Å². The fraction of sp³-hybridized carbons (Fsp3) is 0.130. The van der Waals surface area contributed by atoms with Gasteiger partial charge in [0.05, 0.1) is 0 Å². The molecule has 0 bridgehead atoms. The molecule has 0 saturated carbocycles. The number of rotatable bonds is 3. The highest BCUT2D eigenvalue weighted by molar-refractivity contribution is 5.76. The standard InChI is InChI=1S/C23H19N3O/c1-3-26-21(12-11-18-7-4-5-10-23(18)26)8-6-9-22-14-19(13-17(2)27-22)20(15-24)16-25/h4-14H,3H2,1-2H3/b9-6+,21-8+. The number of benzene rings is 1. The molecule has 0 spiro atoms. The fourth-order valence-corrected chi connectivity index (χ4v) is 3.06. The Hall–Kier alpha value is -3.76. The van der Waals surface area contributed by atoms with Crippen LogP contribution in [0.1, 0.15) is 19.4 Å². The second-order valence-electron chi connectivity index (χ2n) is 6.04. The van der Waals surface area contributed by atoms with Gasteiger partial charge in [0.15, 0.2) is 0 Å². The zero-order chi connectivity index (χ0) is 19.2. The number of hydrogen-bond donors (Lipinski definition) is 0. The van der Waals surface area contributed by atoms with Gasteiger partial charge in [-0.15, -0.1) is 0 Å². The summed E-state index contributed by atoms with van der Waals surface area (Å²) in [6.45, 7) is 4.78. The number of nitriles is 2. The minimum Gasteiger partial charge on any atom is -0.462 e. The highest BCUT2D eigenvalue weighted by Crippen LogP contribution is 2.30. The Bertz CT molecular complexity index is 1000. The molecule has 2 aliphatic heterocycles. The number of nitrogens with zero attached hydrogens (tertiary/aromatic N) is 3. The van der Waals surface area contributed by atoms with Gasteiger partial charge in [0.2, 0.25) is 0 Å². The van der Waals surface area contributed by atoms with Crippen molar-refractivity contribution in [3.8, 4) is 12.1 Å². The van der Waals surface area contributed by atoms with Gasteiger partial charge in [0, 0.05) is 23.5 Å². The number of hydrogen-bond acceptors (Lipinski definition) is 4.